The number of nitrogens with zero attached hydrogens (tertiary/aromatic N) is 1. The van der Waals surface area contributed by atoms with Crippen LogP contribution in [0, 0.1) is 0 Å². The summed E-state index contributed by atoms with van der Waals surface area (Å²) in [4.78, 5) is 14.4. The van der Waals surface area contributed by atoms with Crippen molar-refractivity contribution in [3.05, 3.63) is 60.2 Å². The molecule has 1 N–H and O–H groups in total. The second kappa shape index (κ2) is 6.22. The Bertz CT molecular complexity index is 630. The van der Waals surface area contributed by atoms with Crippen molar-refractivity contribution in [2.24, 2.45) is 0 Å². The minimum absolute atomic E-state index is 0.0351. The molecule has 0 amide bonds. The second-order valence-corrected chi connectivity index (χ2v) is 6.22. The lowest BCUT2D eigenvalue weighted by Crippen LogP contribution is -2.33. The average Bonchev–Trinajstić information content (AvgIpc) is 2.90. The van der Waals surface area contributed by atoms with E-state index >= 15 is 0 Å². The number of hydrogen-bond acceptors (Lipinski definition) is 3. The highest BCUT2D eigenvalue weighted by molar-refractivity contribution is 7.99. The quantitative estimate of drug-likeness (QED) is 0.918. The molecule has 0 aliphatic carbocycles. The molecule has 1 heterocycles. The van der Waals surface area contributed by atoms with E-state index in [0.717, 1.165) is 18.0 Å². The Hall–Kier alpha value is -1.94. The van der Waals surface area contributed by atoms with Crippen LogP contribution in [-0.4, -0.2) is 29.9 Å². The molecule has 0 bridgehead atoms. The average molecular weight is 299 g/mol. The van der Waals surface area contributed by atoms with Crippen molar-refractivity contribution in [1.29, 1.82) is 0 Å². The van der Waals surface area contributed by atoms with Crippen LogP contribution in [0.15, 0.2) is 59.5 Å². The summed E-state index contributed by atoms with van der Waals surface area (Å²) >= 11 is 1.86. The second-order valence-electron chi connectivity index (χ2n) is 5.16. The lowest BCUT2D eigenvalue weighted by Gasteiger charge is -2.26. The number of carboxylic acids is 1. The standard InChI is InChI=1S/C17H17NO2S/c19-17(20)11-18(14-6-2-1-3-7-14)10-13-12-21-16-9-5-4-8-15(13)16/h1-9,13H,10-12H2,(H,19,20). The Morgan fingerprint density at radius 1 is 1.14 bits per heavy atom. The molecule has 2 aromatic carbocycles. The molecule has 0 saturated heterocycles. The normalized spacial score (nSPS) is 16.5. The first-order valence-electron chi connectivity index (χ1n) is 6.97. The first-order valence-corrected chi connectivity index (χ1v) is 7.96. The third kappa shape index (κ3) is 3.22. The number of thioether (sulfide) groups is 1. The number of fused-ring (bicyclic) bond motifs is 1. The fourth-order valence-corrected chi connectivity index (χ4v) is 3.95. The predicted octanol–water partition coefficient (Wildman–Crippen LogP) is 3.47. The van der Waals surface area contributed by atoms with Gasteiger partial charge in [0.2, 0.25) is 0 Å². The minimum Gasteiger partial charge on any atom is -0.480 e. The predicted molar refractivity (Wildman–Crippen MR) is 86.2 cm³/mol. The van der Waals surface area contributed by atoms with Gasteiger partial charge in [0.05, 0.1) is 0 Å². The lowest BCUT2D eigenvalue weighted by molar-refractivity contribution is -0.135. The van der Waals surface area contributed by atoms with E-state index in [1.807, 2.05) is 47.0 Å². The molecule has 21 heavy (non-hydrogen) atoms. The molecule has 4 heteroatoms. The zero-order valence-electron chi connectivity index (χ0n) is 11.6. The molecule has 2 aromatic rings. The maximum absolute atomic E-state index is 11.2. The van der Waals surface area contributed by atoms with E-state index < -0.39 is 5.97 Å². The summed E-state index contributed by atoms with van der Waals surface area (Å²) in [6.45, 7) is 0.772. The van der Waals surface area contributed by atoms with Crippen molar-refractivity contribution in [2.45, 2.75) is 10.8 Å². The molecule has 3 nitrogen and oxygen atoms in total. The highest BCUT2D eigenvalue weighted by Gasteiger charge is 2.25. The lowest BCUT2D eigenvalue weighted by atomic mass is 10.0. The van der Waals surface area contributed by atoms with Crippen molar-refractivity contribution in [3.8, 4) is 0 Å². The molecule has 108 valence electrons. The fraction of sp³-hybridized carbons (Fsp3) is 0.235. The Morgan fingerprint density at radius 2 is 1.86 bits per heavy atom. The van der Waals surface area contributed by atoms with Gasteiger partial charge in [-0.05, 0) is 23.8 Å². The number of hydrogen-bond donors (Lipinski definition) is 1. The van der Waals surface area contributed by atoms with Gasteiger partial charge in [0.25, 0.3) is 0 Å². The maximum atomic E-state index is 11.2. The molecule has 0 radical (unpaired) electrons. The van der Waals surface area contributed by atoms with Gasteiger partial charge < -0.3 is 10.0 Å². The first-order chi connectivity index (χ1) is 10.2. The monoisotopic (exact) mass is 299 g/mol. The van der Waals surface area contributed by atoms with Crippen molar-refractivity contribution < 1.29 is 9.90 Å². The summed E-state index contributed by atoms with van der Waals surface area (Å²) < 4.78 is 0. The maximum Gasteiger partial charge on any atom is 0.323 e. The third-order valence-corrected chi connectivity index (χ3v) is 4.94. The molecule has 3 rings (SSSR count). The number of rotatable bonds is 5. The number of aliphatic carboxylic acids is 1. The molecule has 1 atom stereocenters. The number of carbonyl (C=O) groups is 1. The summed E-state index contributed by atoms with van der Waals surface area (Å²) in [7, 11) is 0. The van der Waals surface area contributed by atoms with Gasteiger partial charge in [-0.3, -0.25) is 4.79 Å². The molecule has 0 fully saturated rings. The Balaban J connectivity index is 1.81. The first kappa shape index (κ1) is 14.0. The van der Waals surface area contributed by atoms with Crippen LogP contribution in [-0.2, 0) is 4.79 Å². The molecule has 1 unspecified atom stereocenters. The van der Waals surface area contributed by atoms with Crippen molar-refractivity contribution in [2.75, 3.05) is 23.7 Å². The van der Waals surface area contributed by atoms with Crippen LogP contribution in [0.4, 0.5) is 5.69 Å². The van der Waals surface area contributed by atoms with Gasteiger partial charge >= 0.3 is 5.97 Å². The van der Waals surface area contributed by atoms with Crippen LogP contribution in [0.2, 0.25) is 0 Å². The number of anilines is 1. The molecule has 1 aliphatic rings. The number of para-hydroxylation sites is 1. The highest BCUT2D eigenvalue weighted by Crippen LogP contribution is 2.40. The van der Waals surface area contributed by atoms with Gasteiger partial charge in [-0.15, -0.1) is 11.8 Å². The zero-order chi connectivity index (χ0) is 14.7. The molecular weight excluding hydrogens is 282 g/mol. The highest BCUT2D eigenvalue weighted by atomic mass is 32.2. The summed E-state index contributed by atoms with van der Waals surface area (Å²) in [5.74, 6) is 0.603. The van der Waals surface area contributed by atoms with Gasteiger partial charge in [0, 0.05) is 28.8 Å². The van der Waals surface area contributed by atoms with Gasteiger partial charge in [-0.2, -0.15) is 0 Å². The Kier molecular flexibility index (Phi) is 4.15. The van der Waals surface area contributed by atoms with E-state index in [9.17, 15) is 4.79 Å². The van der Waals surface area contributed by atoms with Crippen LogP contribution < -0.4 is 4.90 Å². The van der Waals surface area contributed by atoms with Gasteiger partial charge in [-0.1, -0.05) is 36.4 Å². The topological polar surface area (TPSA) is 40.5 Å². The van der Waals surface area contributed by atoms with Gasteiger partial charge in [0.15, 0.2) is 0 Å². The molecule has 0 aromatic heterocycles. The van der Waals surface area contributed by atoms with E-state index in [-0.39, 0.29) is 6.54 Å². The largest absolute Gasteiger partial charge is 0.480 e. The third-order valence-electron chi connectivity index (χ3n) is 3.69. The summed E-state index contributed by atoms with van der Waals surface area (Å²) in [5.41, 5.74) is 2.31. The number of benzene rings is 2. The van der Waals surface area contributed by atoms with Crippen molar-refractivity contribution >= 4 is 23.4 Å². The van der Waals surface area contributed by atoms with E-state index in [2.05, 4.69) is 24.3 Å². The van der Waals surface area contributed by atoms with Crippen LogP contribution in [0.1, 0.15) is 11.5 Å². The Morgan fingerprint density at radius 3 is 2.62 bits per heavy atom. The van der Waals surface area contributed by atoms with Gasteiger partial charge in [0.1, 0.15) is 6.54 Å². The minimum atomic E-state index is -0.794. The van der Waals surface area contributed by atoms with Crippen LogP contribution in [0.25, 0.3) is 0 Å². The SMILES string of the molecule is O=C(O)CN(CC1CSc2ccccc21)c1ccccc1. The van der Waals surface area contributed by atoms with E-state index in [1.54, 1.807) is 0 Å². The van der Waals surface area contributed by atoms with E-state index in [1.165, 1.54) is 10.5 Å². The number of carboxylic acid groups (broad SMARTS) is 1. The van der Waals surface area contributed by atoms with Crippen LogP contribution >= 0.6 is 11.8 Å². The molecular formula is C17H17NO2S. The van der Waals surface area contributed by atoms with E-state index in [4.69, 9.17) is 5.11 Å². The molecule has 0 saturated carbocycles. The Labute approximate surface area is 128 Å². The summed E-state index contributed by atoms with van der Waals surface area (Å²) in [5, 5.41) is 9.17. The zero-order valence-corrected chi connectivity index (χ0v) is 12.4. The molecule has 0 spiro atoms. The van der Waals surface area contributed by atoms with E-state index in [0.29, 0.717) is 5.92 Å². The smallest absolute Gasteiger partial charge is 0.323 e. The molecule has 1 aliphatic heterocycles. The van der Waals surface area contributed by atoms with Crippen molar-refractivity contribution in [1.82, 2.24) is 0 Å². The fourth-order valence-electron chi connectivity index (χ4n) is 2.71. The van der Waals surface area contributed by atoms with Gasteiger partial charge in [-0.25, -0.2) is 0 Å². The van der Waals surface area contributed by atoms with Crippen molar-refractivity contribution in [3.63, 3.8) is 0 Å². The van der Waals surface area contributed by atoms with Crippen LogP contribution in [0.5, 0.6) is 0 Å². The summed E-state index contributed by atoms with van der Waals surface area (Å²) in [6.07, 6.45) is 0. The summed E-state index contributed by atoms with van der Waals surface area (Å²) in [6, 6.07) is 18.2. The van der Waals surface area contributed by atoms with Crippen LogP contribution in [0.3, 0.4) is 0 Å².